The number of H-pyrrole nitrogens is 1. The topological polar surface area (TPSA) is 54.6 Å². The maximum absolute atomic E-state index is 13.8. The first-order chi connectivity index (χ1) is 18.2. The second kappa shape index (κ2) is 9.51. The smallest absolute Gasteiger partial charge is 0.255 e. The molecule has 2 heterocycles. The van der Waals surface area contributed by atoms with Crippen LogP contribution in [0.4, 0.5) is 0 Å². The molecule has 1 aliphatic rings. The number of aromatic nitrogens is 1. The van der Waals surface area contributed by atoms with E-state index in [0.29, 0.717) is 24.5 Å². The minimum Gasteiger partial charge on any atom is -0.493 e. The zero-order chi connectivity index (χ0) is 25.4. The van der Waals surface area contributed by atoms with Crippen molar-refractivity contribution in [1.82, 2.24) is 9.88 Å². The van der Waals surface area contributed by atoms with E-state index in [1.165, 1.54) is 0 Å². The van der Waals surface area contributed by atoms with E-state index in [0.717, 1.165) is 44.4 Å². The van der Waals surface area contributed by atoms with Gasteiger partial charge in [-0.3, -0.25) is 4.79 Å². The average Bonchev–Trinajstić information content (AvgIpc) is 3.47. The van der Waals surface area contributed by atoms with Gasteiger partial charge in [-0.05, 0) is 47.4 Å². The summed E-state index contributed by atoms with van der Waals surface area (Å²) in [6, 6.07) is 32.4. The molecule has 0 radical (unpaired) electrons. The molecule has 184 valence electrons. The summed E-state index contributed by atoms with van der Waals surface area (Å²) in [4.78, 5) is 19.5. The predicted molar refractivity (Wildman–Crippen MR) is 146 cm³/mol. The van der Waals surface area contributed by atoms with Crippen LogP contribution in [0, 0.1) is 0 Å². The van der Waals surface area contributed by atoms with Crippen LogP contribution in [0.25, 0.3) is 22.2 Å². The number of hydrogen-bond donors (Lipinski definition) is 1. The normalized spacial score (nSPS) is 14.7. The first kappa shape index (κ1) is 22.9. The van der Waals surface area contributed by atoms with Gasteiger partial charge in [0, 0.05) is 28.6 Å². The van der Waals surface area contributed by atoms with Crippen LogP contribution in [0.3, 0.4) is 0 Å². The monoisotopic (exact) mass is 488 g/mol. The SMILES string of the molecule is COc1ccc(CCN2C(=O)c3ccccc3C2c2c(-c3ccccc3)[nH]c3ccccc23)cc1OC. The van der Waals surface area contributed by atoms with E-state index in [1.807, 2.05) is 65.6 Å². The molecule has 0 saturated heterocycles. The van der Waals surface area contributed by atoms with Crippen molar-refractivity contribution in [3.63, 3.8) is 0 Å². The lowest BCUT2D eigenvalue weighted by Gasteiger charge is -2.27. The Morgan fingerprint density at radius 3 is 2.35 bits per heavy atom. The summed E-state index contributed by atoms with van der Waals surface area (Å²) in [6.07, 6.45) is 0.694. The molecule has 1 atom stereocenters. The van der Waals surface area contributed by atoms with Crippen molar-refractivity contribution in [2.24, 2.45) is 0 Å². The third-order valence-corrected chi connectivity index (χ3v) is 7.23. The van der Waals surface area contributed by atoms with Gasteiger partial charge < -0.3 is 19.4 Å². The second-order valence-corrected chi connectivity index (χ2v) is 9.25. The molecule has 6 rings (SSSR count). The standard InChI is InChI=1S/C32H28N2O3/c1-36-27-17-16-21(20-28(27)37-2)18-19-34-31(23-12-6-7-13-24(23)32(34)35)29-25-14-8-9-15-26(25)33-30(29)22-10-4-3-5-11-22/h3-17,20,31,33H,18-19H2,1-2H3. The molecule has 37 heavy (non-hydrogen) atoms. The molecule has 1 aromatic heterocycles. The molecule has 4 aromatic carbocycles. The Bertz CT molecular complexity index is 1590. The van der Waals surface area contributed by atoms with Gasteiger partial charge in [0.15, 0.2) is 11.5 Å². The third kappa shape index (κ3) is 3.93. The third-order valence-electron chi connectivity index (χ3n) is 7.23. The van der Waals surface area contributed by atoms with E-state index < -0.39 is 0 Å². The van der Waals surface area contributed by atoms with E-state index >= 15 is 0 Å². The number of hydrogen-bond acceptors (Lipinski definition) is 3. The number of methoxy groups -OCH3 is 2. The zero-order valence-corrected chi connectivity index (χ0v) is 20.9. The molecule has 1 amide bonds. The Morgan fingerprint density at radius 2 is 1.54 bits per heavy atom. The summed E-state index contributed by atoms with van der Waals surface area (Å²) in [5.41, 5.74) is 7.24. The Labute approximate surface area is 216 Å². The van der Waals surface area contributed by atoms with Gasteiger partial charge in [-0.1, -0.05) is 72.8 Å². The number of carbonyl (C=O) groups is 1. The quantitative estimate of drug-likeness (QED) is 0.279. The number of benzene rings is 4. The molecule has 5 heteroatoms. The maximum Gasteiger partial charge on any atom is 0.255 e. The summed E-state index contributed by atoms with van der Waals surface area (Å²) < 4.78 is 10.9. The molecule has 0 fully saturated rings. The van der Waals surface area contributed by atoms with Crippen molar-refractivity contribution < 1.29 is 14.3 Å². The highest BCUT2D eigenvalue weighted by Gasteiger charge is 2.39. The van der Waals surface area contributed by atoms with Gasteiger partial charge in [0.25, 0.3) is 5.91 Å². The molecule has 0 saturated carbocycles. The first-order valence-electron chi connectivity index (χ1n) is 12.5. The van der Waals surface area contributed by atoms with Gasteiger partial charge in [0.1, 0.15) is 0 Å². The molecular formula is C32H28N2O3. The molecular weight excluding hydrogens is 460 g/mol. The van der Waals surface area contributed by atoms with Gasteiger partial charge in [-0.2, -0.15) is 0 Å². The number of nitrogens with zero attached hydrogens (tertiary/aromatic N) is 1. The van der Waals surface area contributed by atoms with Crippen LogP contribution in [0.1, 0.15) is 33.1 Å². The predicted octanol–water partition coefficient (Wildman–Crippen LogP) is 6.64. The highest BCUT2D eigenvalue weighted by atomic mass is 16.5. The minimum atomic E-state index is -0.199. The highest BCUT2D eigenvalue weighted by Crippen LogP contribution is 2.45. The molecule has 5 aromatic rings. The summed E-state index contributed by atoms with van der Waals surface area (Å²) in [7, 11) is 3.27. The average molecular weight is 489 g/mol. The number of carbonyl (C=O) groups excluding carboxylic acids is 1. The van der Waals surface area contributed by atoms with E-state index in [2.05, 4.69) is 41.4 Å². The highest BCUT2D eigenvalue weighted by molar-refractivity contribution is 6.02. The Hall–Kier alpha value is -4.51. The number of amides is 1. The van der Waals surface area contributed by atoms with Crippen molar-refractivity contribution >= 4 is 16.8 Å². The molecule has 1 aliphatic heterocycles. The minimum absolute atomic E-state index is 0.0605. The lowest BCUT2D eigenvalue weighted by atomic mass is 9.93. The molecule has 0 bridgehead atoms. The van der Waals surface area contributed by atoms with E-state index in [4.69, 9.17) is 9.47 Å². The molecule has 1 unspecified atom stereocenters. The first-order valence-corrected chi connectivity index (χ1v) is 12.5. The maximum atomic E-state index is 13.8. The summed E-state index contributed by atoms with van der Waals surface area (Å²) in [6.45, 7) is 0.571. The van der Waals surface area contributed by atoms with E-state index in [9.17, 15) is 4.79 Å². The molecule has 5 nitrogen and oxygen atoms in total. The fraction of sp³-hybridized carbons (Fsp3) is 0.156. The Morgan fingerprint density at radius 1 is 0.811 bits per heavy atom. The van der Waals surface area contributed by atoms with Gasteiger partial charge in [0.05, 0.1) is 26.0 Å². The van der Waals surface area contributed by atoms with E-state index in [-0.39, 0.29) is 11.9 Å². The van der Waals surface area contributed by atoms with Crippen LogP contribution in [0.2, 0.25) is 0 Å². The molecule has 0 aliphatic carbocycles. The van der Waals surface area contributed by atoms with Crippen LogP contribution < -0.4 is 9.47 Å². The number of rotatable bonds is 7. The van der Waals surface area contributed by atoms with Crippen molar-refractivity contribution in [3.05, 3.63) is 119 Å². The largest absolute Gasteiger partial charge is 0.493 e. The van der Waals surface area contributed by atoms with Crippen LogP contribution in [-0.2, 0) is 6.42 Å². The summed E-state index contributed by atoms with van der Waals surface area (Å²) in [5, 5.41) is 1.13. The van der Waals surface area contributed by atoms with Crippen molar-refractivity contribution in [1.29, 1.82) is 0 Å². The van der Waals surface area contributed by atoms with Gasteiger partial charge in [-0.25, -0.2) is 0 Å². The van der Waals surface area contributed by atoms with Crippen molar-refractivity contribution in [2.45, 2.75) is 12.5 Å². The fourth-order valence-electron chi connectivity index (χ4n) is 5.48. The number of aromatic amines is 1. The number of para-hydroxylation sites is 1. The van der Waals surface area contributed by atoms with Crippen LogP contribution in [0.5, 0.6) is 11.5 Å². The zero-order valence-electron chi connectivity index (χ0n) is 20.9. The van der Waals surface area contributed by atoms with E-state index in [1.54, 1.807) is 14.2 Å². The second-order valence-electron chi connectivity index (χ2n) is 9.25. The van der Waals surface area contributed by atoms with Crippen LogP contribution in [0.15, 0.2) is 97.1 Å². The van der Waals surface area contributed by atoms with Crippen LogP contribution in [-0.4, -0.2) is 36.6 Å². The van der Waals surface area contributed by atoms with Gasteiger partial charge in [-0.15, -0.1) is 0 Å². The van der Waals surface area contributed by atoms with Gasteiger partial charge >= 0.3 is 0 Å². The fourth-order valence-corrected chi connectivity index (χ4v) is 5.48. The Kier molecular flexibility index (Phi) is 5.89. The number of ether oxygens (including phenoxy) is 2. The van der Waals surface area contributed by atoms with Crippen molar-refractivity contribution in [3.8, 4) is 22.8 Å². The van der Waals surface area contributed by atoms with Crippen LogP contribution >= 0.6 is 0 Å². The lowest BCUT2D eigenvalue weighted by Crippen LogP contribution is -2.31. The number of fused-ring (bicyclic) bond motifs is 2. The summed E-state index contributed by atoms with van der Waals surface area (Å²) in [5.74, 6) is 1.45. The molecule has 1 N–H and O–H groups in total. The van der Waals surface area contributed by atoms with Crippen molar-refractivity contribution in [2.75, 3.05) is 20.8 Å². The summed E-state index contributed by atoms with van der Waals surface area (Å²) >= 11 is 0. The lowest BCUT2D eigenvalue weighted by molar-refractivity contribution is 0.0753. The van der Waals surface area contributed by atoms with Gasteiger partial charge in [0.2, 0.25) is 0 Å². The Balaban J connectivity index is 1.46. The number of nitrogens with one attached hydrogen (secondary N) is 1. The molecule has 0 spiro atoms.